The fraction of sp³-hybridized carbons (Fsp3) is 0.300. The van der Waals surface area contributed by atoms with Crippen LogP contribution in [0.15, 0.2) is 67.0 Å². The van der Waals surface area contributed by atoms with Crippen LogP contribution in [0.25, 0.3) is 11.1 Å². The van der Waals surface area contributed by atoms with Crippen LogP contribution in [0.2, 0.25) is 0 Å². The van der Waals surface area contributed by atoms with Crippen molar-refractivity contribution in [2.75, 3.05) is 13.1 Å². The number of piperidine rings is 1. The third-order valence-electron chi connectivity index (χ3n) is 5.10. The summed E-state index contributed by atoms with van der Waals surface area (Å²) in [6.45, 7) is 2.72. The van der Waals surface area contributed by atoms with Crippen molar-refractivity contribution in [3.63, 3.8) is 0 Å². The van der Waals surface area contributed by atoms with Gasteiger partial charge in [0.15, 0.2) is 0 Å². The Morgan fingerprint density at radius 3 is 2.19 bits per heavy atom. The minimum atomic E-state index is -3.34. The number of benzene rings is 2. The zero-order valence-electron chi connectivity index (χ0n) is 14.6. The molecule has 0 radical (unpaired) electrons. The van der Waals surface area contributed by atoms with Crippen molar-refractivity contribution in [1.29, 1.82) is 0 Å². The molecule has 1 fully saturated rings. The Balaban J connectivity index is 1.34. The molecule has 0 aromatic heterocycles. The third-order valence-corrected chi connectivity index (χ3v) is 6.51. The summed E-state index contributed by atoms with van der Waals surface area (Å²) >= 11 is 0. The highest BCUT2D eigenvalue weighted by Crippen LogP contribution is 2.24. The van der Waals surface area contributed by atoms with E-state index >= 15 is 0 Å². The fourth-order valence-electron chi connectivity index (χ4n) is 3.67. The van der Waals surface area contributed by atoms with Gasteiger partial charge in [0.05, 0.1) is 0 Å². The van der Waals surface area contributed by atoms with Crippen LogP contribution in [0.5, 0.6) is 0 Å². The van der Waals surface area contributed by atoms with Gasteiger partial charge in [0, 0.05) is 38.1 Å². The molecule has 0 bridgehead atoms. The van der Waals surface area contributed by atoms with Crippen LogP contribution in [0.3, 0.4) is 0 Å². The smallest absolute Gasteiger partial charge is 0.299 e. The van der Waals surface area contributed by atoms with Crippen LogP contribution < -0.4 is 4.72 Å². The summed E-state index contributed by atoms with van der Waals surface area (Å²) in [5.74, 6) is 0. The molecule has 5 nitrogen and oxygen atoms in total. The van der Waals surface area contributed by atoms with Crippen molar-refractivity contribution in [3.05, 3.63) is 72.6 Å². The number of hydrogen-bond donors (Lipinski definition) is 1. The van der Waals surface area contributed by atoms with E-state index < -0.39 is 10.2 Å². The van der Waals surface area contributed by atoms with Crippen LogP contribution in [-0.4, -0.2) is 36.8 Å². The van der Waals surface area contributed by atoms with Gasteiger partial charge >= 0.3 is 10.2 Å². The normalized spacial score (nSPS) is 20.2. The zero-order chi connectivity index (χ0) is 18.0. The van der Waals surface area contributed by atoms with Crippen molar-refractivity contribution < 1.29 is 8.42 Å². The Bertz CT molecular complexity index is 871. The molecule has 2 aliphatic heterocycles. The molecule has 0 aliphatic carbocycles. The van der Waals surface area contributed by atoms with Crippen LogP contribution in [0, 0.1) is 0 Å². The fourth-order valence-corrected chi connectivity index (χ4v) is 4.85. The number of nitrogens with one attached hydrogen (secondary N) is 1. The predicted octanol–water partition coefficient (Wildman–Crippen LogP) is 2.94. The van der Waals surface area contributed by atoms with Gasteiger partial charge in [0.1, 0.15) is 0 Å². The van der Waals surface area contributed by atoms with E-state index in [-0.39, 0.29) is 6.04 Å². The topological polar surface area (TPSA) is 52.7 Å². The summed E-state index contributed by atoms with van der Waals surface area (Å²) < 4.78 is 27.7. The van der Waals surface area contributed by atoms with E-state index in [2.05, 4.69) is 58.2 Å². The lowest BCUT2D eigenvalue weighted by Crippen LogP contribution is -2.45. The summed E-state index contributed by atoms with van der Waals surface area (Å²) in [7, 11) is -3.34. The van der Waals surface area contributed by atoms with E-state index in [0.29, 0.717) is 0 Å². The van der Waals surface area contributed by atoms with Crippen molar-refractivity contribution in [2.45, 2.75) is 25.4 Å². The minimum absolute atomic E-state index is 0.0583. The van der Waals surface area contributed by atoms with Crippen LogP contribution >= 0.6 is 0 Å². The first kappa shape index (κ1) is 17.1. The quantitative estimate of drug-likeness (QED) is 0.902. The third kappa shape index (κ3) is 3.61. The molecule has 4 rings (SSSR count). The van der Waals surface area contributed by atoms with E-state index in [1.165, 1.54) is 27.2 Å². The summed E-state index contributed by atoms with van der Waals surface area (Å²) in [6, 6.07) is 19.2. The molecule has 136 valence electrons. The SMILES string of the molecule is O=S1(=O)NC=CN1C1CCN(Cc2ccc(-c3ccccc3)cc2)CC1. The molecule has 0 spiro atoms. The van der Waals surface area contributed by atoms with Gasteiger partial charge < -0.3 is 0 Å². The second-order valence-corrected chi connectivity index (χ2v) is 8.45. The van der Waals surface area contributed by atoms with Gasteiger partial charge in [0.2, 0.25) is 0 Å². The number of nitrogens with zero attached hydrogens (tertiary/aromatic N) is 2. The van der Waals surface area contributed by atoms with Crippen LogP contribution in [0.1, 0.15) is 18.4 Å². The van der Waals surface area contributed by atoms with Crippen molar-refractivity contribution in [2.24, 2.45) is 0 Å². The second kappa shape index (κ2) is 7.13. The van der Waals surface area contributed by atoms with E-state index in [1.54, 1.807) is 6.20 Å². The van der Waals surface area contributed by atoms with Crippen LogP contribution in [-0.2, 0) is 16.8 Å². The van der Waals surface area contributed by atoms with Crippen molar-refractivity contribution in [3.8, 4) is 11.1 Å². The van der Waals surface area contributed by atoms with Crippen LogP contribution in [0.4, 0.5) is 0 Å². The average molecular weight is 369 g/mol. The van der Waals surface area contributed by atoms with Gasteiger partial charge in [-0.1, -0.05) is 54.6 Å². The Labute approximate surface area is 155 Å². The molecule has 0 saturated carbocycles. The highest BCUT2D eigenvalue weighted by molar-refractivity contribution is 7.87. The Hall–Kier alpha value is -2.31. The van der Waals surface area contributed by atoms with Gasteiger partial charge in [-0.05, 0) is 29.5 Å². The highest BCUT2D eigenvalue weighted by atomic mass is 32.2. The summed E-state index contributed by atoms with van der Waals surface area (Å²) in [5.41, 5.74) is 3.75. The molecule has 1 N–H and O–H groups in total. The highest BCUT2D eigenvalue weighted by Gasteiger charge is 2.32. The molecule has 1 saturated heterocycles. The van der Waals surface area contributed by atoms with E-state index in [4.69, 9.17) is 0 Å². The standard InChI is InChI=1S/C20H23N3O2S/c24-26(25)21-12-15-23(26)20-10-13-22(14-11-20)16-17-6-8-19(9-7-17)18-4-2-1-3-5-18/h1-9,12,15,20-21H,10-11,13-14,16H2. The van der Waals surface area contributed by atoms with Crippen molar-refractivity contribution in [1.82, 2.24) is 13.9 Å². The molecule has 2 aromatic rings. The number of rotatable bonds is 4. The average Bonchev–Trinajstić information content (AvgIpc) is 3.03. The van der Waals surface area contributed by atoms with Crippen molar-refractivity contribution >= 4 is 10.2 Å². The summed E-state index contributed by atoms with van der Waals surface area (Å²) in [4.78, 5) is 2.40. The second-order valence-electron chi connectivity index (χ2n) is 6.84. The molecule has 2 heterocycles. The molecular formula is C20H23N3O2S. The lowest BCUT2D eigenvalue weighted by molar-refractivity contribution is 0.171. The zero-order valence-corrected chi connectivity index (χ0v) is 15.4. The van der Waals surface area contributed by atoms with E-state index in [0.717, 1.165) is 32.5 Å². The molecule has 2 aliphatic rings. The number of likely N-dealkylation sites (tertiary alicyclic amines) is 1. The first-order chi connectivity index (χ1) is 12.6. The Kier molecular flexibility index (Phi) is 4.70. The monoisotopic (exact) mass is 369 g/mol. The summed E-state index contributed by atoms with van der Waals surface area (Å²) in [6.07, 6.45) is 4.84. The lowest BCUT2D eigenvalue weighted by atomic mass is 10.0. The summed E-state index contributed by atoms with van der Waals surface area (Å²) in [5, 5.41) is 0. The Morgan fingerprint density at radius 2 is 1.58 bits per heavy atom. The van der Waals surface area contributed by atoms with E-state index in [9.17, 15) is 8.42 Å². The molecule has 2 aromatic carbocycles. The maximum Gasteiger partial charge on any atom is 0.323 e. The molecular weight excluding hydrogens is 346 g/mol. The molecule has 26 heavy (non-hydrogen) atoms. The van der Waals surface area contributed by atoms with Gasteiger partial charge in [-0.15, -0.1) is 0 Å². The van der Waals surface area contributed by atoms with Gasteiger partial charge in [-0.25, -0.2) is 0 Å². The maximum absolute atomic E-state index is 11.9. The predicted molar refractivity (Wildman–Crippen MR) is 103 cm³/mol. The number of hydrogen-bond acceptors (Lipinski definition) is 3. The molecule has 0 amide bonds. The van der Waals surface area contributed by atoms with Gasteiger partial charge in [-0.2, -0.15) is 8.42 Å². The largest absolute Gasteiger partial charge is 0.323 e. The lowest BCUT2D eigenvalue weighted by Gasteiger charge is -2.35. The molecule has 6 heteroatoms. The van der Waals surface area contributed by atoms with Gasteiger partial charge in [0.25, 0.3) is 0 Å². The minimum Gasteiger partial charge on any atom is -0.299 e. The molecule has 0 unspecified atom stereocenters. The molecule has 0 atom stereocenters. The van der Waals surface area contributed by atoms with E-state index in [1.807, 2.05) is 6.07 Å². The maximum atomic E-state index is 11.9. The first-order valence-corrected chi connectivity index (χ1v) is 10.4. The first-order valence-electron chi connectivity index (χ1n) is 8.96. The van der Waals surface area contributed by atoms with Gasteiger partial charge in [-0.3, -0.25) is 13.9 Å². The Morgan fingerprint density at radius 1 is 0.923 bits per heavy atom.